The normalized spacial score (nSPS) is 10.6. The Balaban J connectivity index is 1.74. The molecule has 0 fully saturated rings. The van der Waals surface area contributed by atoms with Crippen molar-refractivity contribution in [1.82, 2.24) is 0 Å². The van der Waals surface area contributed by atoms with Crippen molar-refractivity contribution in [2.75, 3.05) is 19.0 Å². The van der Waals surface area contributed by atoms with Gasteiger partial charge in [-0.25, -0.2) is 4.79 Å². The van der Waals surface area contributed by atoms with E-state index in [1.165, 1.54) is 0 Å². The Morgan fingerprint density at radius 3 is 2.14 bits per heavy atom. The van der Waals surface area contributed by atoms with Crippen LogP contribution in [0.4, 0.5) is 5.69 Å². The molecule has 0 saturated carbocycles. The van der Waals surface area contributed by atoms with E-state index in [-0.39, 0.29) is 12.5 Å². The minimum Gasteiger partial charge on any atom is -0.496 e. The molecule has 1 N–H and O–H groups in total. The van der Waals surface area contributed by atoms with Crippen molar-refractivity contribution < 1.29 is 19.1 Å². The molecule has 3 rings (SSSR count). The van der Waals surface area contributed by atoms with Crippen LogP contribution in [0.25, 0.3) is 10.8 Å². The van der Waals surface area contributed by atoms with Crippen molar-refractivity contribution in [3.8, 4) is 5.75 Å². The van der Waals surface area contributed by atoms with E-state index in [9.17, 15) is 9.59 Å². The smallest absolute Gasteiger partial charge is 0.339 e. The first-order chi connectivity index (χ1) is 14.1. The molecule has 0 aliphatic carbocycles. The summed E-state index contributed by atoms with van der Waals surface area (Å²) in [5.41, 5.74) is 3.33. The van der Waals surface area contributed by atoms with Gasteiger partial charge in [0.2, 0.25) is 0 Å². The second-order valence-corrected chi connectivity index (χ2v) is 6.64. The Bertz CT molecular complexity index is 1020. The molecule has 5 heteroatoms. The van der Waals surface area contributed by atoms with Crippen LogP contribution >= 0.6 is 0 Å². The van der Waals surface area contributed by atoms with Gasteiger partial charge in [-0.15, -0.1) is 0 Å². The highest BCUT2D eigenvalue weighted by molar-refractivity contribution is 6.07. The van der Waals surface area contributed by atoms with Gasteiger partial charge < -0.3 is 14.8 Å². The third-order valence-electron chi connectivity index (χ3n) is 4.92. The van der Waals surface area contributed by atoms with Gasteiger partial charge in [0, 0.05) is 11.1 Å². The number of benzene rings is 3. The molecule has 29 heavy (non-hydrogen) atoms. The van der Waals surface area contributed by atoms with Gasteiger partial charge in [0.15, 0.2) is 6.61 Å². The minimum atomic E-state index is -0.543. The number of fused-ring (bicyclic) bond motifs is 1. The highest BCUT2D eigenvalue weighted by Gasteiger charge is 2.16. The van der Waals surface area contributed by atoms with Crippen molar-refractivity contribution in [2.45, 2.75) is 26.7 Å². The minimum absolute atomic E-state index is 0.347. The summed E-state index contributed by atoms with van der Waals surface area (Å²) in [4.78, 5) is 25.1. The molecule has 0 radical (unpaired) electrons. The van der Waals surface area contributed by atoms with Gasteiger partial charge >= 0.3 is 5.97 Å². The standard InChI is InChI=1S/C24H25NO4/c1-4-16-9-8-10-17(5-2)23(16)25-22(26)15-29-24(27)20-13-14-21(28-3)19-12-7-6-11-18(19)20/h6-14H,4-5,15H2,1-3H3,(H,25,26). The van der Waals surface area contributed by atoms with Crippen LogP contribution in [0.1, 0.15) is 35.3 Å². The highest BCUT2D eigenvalue weighted by Crippen LogP contribution is 2.28. The number of hydrogen-bond acceptors (Lipinski definition) is 4. The first kappa shape index (κ1) is 20.4. The molecule has 0 saturated heterocycles. The molecular formula is C24H25NO4. The lowest BCUT2D eigenvalue weighted by Crippen LogP contribution is -2.22. The molecule has 5 nitrogen and oxygen atoms in total. The number of esters is 1. The van der Waals surface area contributed by atoms with Crippen molar-refractivity contribution in [1.29, 1.82) is 0 Å². The molecule has 0 aromatic heterocycles. The number of para-hydroxylation sites is 1. The zero-order chi connectivity index (χ0) is 20.8. The molecule has 0 aliphatic rings. The van der Waals surface area contributed by atoms with Crippen LogP contribution in [-0.2, 0) is 22.4 Å². The zero-order valence-corrected chi connectivity index (χ0v) is 17.0. The molecule has 150 valence electrons. The maximum absolute atomic E-state index is 12.6. The van der Waals surface area contributed by atoms with Gasteiger partial charge in [-0.3, -0.25) is 4.79 Å². The number of carbonyl (C=O) groups excluding carboxylic acids is 2. The molecular weight excluding hydrogens is 366 g/mol. The van der Waals surface area contributed by atoms with Crippen LogP contribution in [0.5, 0.6) is 5.75 Å². The Labute approximate surface area is 170 Å². The van der Waals surface area contributed by atoms with E-state index in [1.54, 1.807) is 19.2 Å². The number of hydrogen-bond donors (Lipinski definition) is 1. The van der Waals surface area contributed by atoms with Crippen molar-refractivity contribution >= 4 is 28.3 Å². The van der Waals surface area contributed by atoms with Crippen LogP contribution in [0.15, 0.2) is 54.6 Å². The number of carbonyl (C=O) groups is 2. The average Bonchev–Trinajstić information content (AvgIpc) is 2.76. The number of ether oxygens (including phenoxy) is 2. The fraction of sp³-hybridized carbons (Fsp3) is 0.250. The van der Waals surface area contributed by atoms with E-state index >= 15 is 0 Å². The summed E-state index contributed by atoms with van der Waals surface area (Å²) in [6.07, 6.45) is 1.61. The van der Waals surface area contributed by atoms with Crippen LogP contribution < -0.4 is 10.1 Å². The number of rotatable bonds is 7. The zero-order valence-electron chi connectivity index (χ0n) is 17.0. The van der Waals surface area contributed by atoms with Crippen LogP contribution in [0, 0.1) is 0 Å². The second-order valence-electron chi connectivity index (χ2n) is 6.64. The van der Waals surface area contributed by atoms with Crippen molar-refractivity contribution in [3.05, 3.63) is 71.3 Å². The molecule has 3 aromatic carbocycles. The summed E-state index contributed by atoms with van der Waals surface area (Å²) in [5.74, 6) is -0.219. The van der Waals surface area contributed by atoms with E-state index in [0.29, 0.717) is 11.3 Å². The fourth-order valence-corrected chi connectivity index (χ4v) is 3.41. The third kappa shape index (κ3) is 4.40. The van der Waals surface area contributed by atoms with Crippen LogP contribution in [-0.4, -0.2) is 25.6 Å². The quantitative estimate of drug-likeness (QED) is 0.589. The number of anilines is 1. The molecule has 0 aliphatic heterocycles. The Kier molecular flexibility index (Phi) is 6.50. The van der Waals surface area contributed by atoms with E-state index in [2.05, 4.69) is 5.32 Å². The van der Waals surface area contributed by atoms with E-state index in [1.807, 2.05) is 56.3 Å². The first-order valence-electron chi connectivity index (χ1n) is 9.72. The maximum Gasteiger partial charge on any atom is 0.339 e. The summed E-state index contributed by atoms with van der Waals surface area (Å²) >= 11 is 0. The largest absolute Gasteiger partial charge is 0.496 e. The van der Waals surface area contributed by atoms with Gasteiger partial charge in [0.1, 0.15) is 5.75 Å². The predicted octanol–water partition coefficient (Wildman–Crippen LogP) is 4.77. The number of amides is 1. The number of nitrogens with one attached hydrogen (secondary N) is 1. The van der Waals surface area contributed by atoms with Crippen molar-refractivity contribution in [2.24, 2.45) is 0 Å². The topological polar surface area (TPSA) is 64.6 Å². The molecule has 3 aromatic rings. The van der Waals surface area contributed by atoms with Gasteiger partial charge in [0.05, 0.1) is 12.7 Å². The Morgan fingerprint density at radius 2 is 1.52 bits per heavy atom. The predicted molar refractivity (Wildman–Crippen MR) is 115 cm³/mol. The fourth-order valence-electron chi connectivity index (χ4n) is 3.41. The lowest BCUT2D eigenvalue weighted by atomic mass is 10.0. The van der Waals surface area contributed by atoms with Gasteiger partial charge in [0.25, 0.3) is 5.91 Å². The summed E-state index contributed by atoms with van der Waals surface area (Å²) in [5, 5.41) is 4.45. The molecule has 0 unspecified atom stereocenters. The monoisotopic (exact) mass is 391 g/mol. The lowest BCUT2D eigenvalue weighted by molar-refractivity contribution is -0.119. The summed E-state index contributed by atoms with van der Waals surface area (Å²) in [6.45, 7) is 3.73. The maximum atomic E-state index is 12.6. The highest BCUT2D eigenvalue weighted by atomic mass is 16.5. The summed E-state index contributed by atoms with van der Waals surface area (Å²) in [7, 11) is 1.59. The van der Waals surface area contributed by atoms with Gasteiger partial charge in [-0.1, -0.05) is 56.3 Å². The van der Waals surface area contributed by atoms with E-state index < -0.39 is 5.97 Å². The number of methoxy groups -OCH3 is 1. The van der Waals surface area contributed by atoms with Crippen LogP contribution in [0.3, 0.4) is 0 Å². The van der Waals surface area contributed by atoms with Gasteiger partial charge in [-0.2, -0.15) is 0 Å². The third-order valence-corrected chi connectivity index (χ3v) is 4.92. The second kappa shape index (κ2) is 9.24. The van der Waals surface area contributed by atoms with Crippen molar-refractivity contribution in [3.63, 3.8) is 0 Å². The molecule has 0 bridgehead atoms. The molecule has 1 amide bonds. The average molecular weight is 391 g/mol. The van der Waals surface area contributed by atoms with E-state index in [4.69, 9.17) is 9.47 Å². The number of aryl methyl sites for hydroxylation is 2. The van der Waals surface area contributed by atoms with Gasteiger partial charge in [-0.05, 0) is 41.5 Å². The molecule has 0 atom stereocenters. The summed E-state index contributed by atoms with van der Waals surface area (Å²) in [6, 6.07) is 16.8. The molecule has 0 heterocycles. The first-order valence-corrected chi connectivity index (χ1v) is 9.72. The SMILES string of the molecule is CCc1cccc(CC)c1NC(=O)COC(=O)c1ccc(OC)c2ccccc12. The van der Waals surface area contributed by atoms with Crippen LogP contribution in [0.2, 0.25) is 0 Å². The van der Waals surface area contributed by atoms with E-state index in [0.717, 1.165) is 40.4 Å². The Hall–Kier alpha value is -3.34. The summed E-state index contributed by atoms with van der Waals surface area (Å²) < 4.78 is 10.7. The lowest BCUT2D eigenvalue weighted by Gasteiger charge is -2.15. The Morgan fingerprint density at radius 1 is 0.862 bits per heavy atom. The molecule has 0 spiro atoms.